The summed E-state index contributed by atoms with van der Waals surface area (Å²) in [6.45, 7) is 4.31. The first-order valence-corrected chi connectivity index (χ1v) is 10.5. The highest BCUT2D eigenvalue weighted by atomic mass is 19.1. The van der Waals surface area contributed by atoms with Gasteiger partial charge in [0.25, 0.3) is 0 Å². The zero-order chi connectivity index (χ0) is 24.1. The molecular weight excluding hydrogens is 437 g/mol. The van der Waals surface area contributed by atoms with Crippen molar-refractivity contribution < 1.29 is 14.1 Å². The molecule has 4 aromatic rings. The molecule has 0 unspecified atom stereocenters. The number of halogens is 1. The molecule has 4 rings (SSSR count). The zero-order valence-electron chi connectivity index (χ0n) is 18.6. The smallest absolute Gasteiger partial charge is 0.313 e. The molecule has 2 heterocycles. The zero-order valence-corrected chi connectivity index (χ0v) is 18.6. The van der Waals surface area contributed by atoms with Crippen LogP contribution in [0.2, 0.25) is 0 Å². The van der Waals surface area contributed by atoms with Gasteiger partial charge >= 0.3 is 5.69 Å². The molecule has 0 amide bonds. The second-order valence-electron chi connectivity index (χ2n) is 7.57. The Morgan fingerprint density at radius 2 is 1.88 bits per heavy atom. The number of anilines is 1. The molecule has 9 heteroatoms. The molecule has 0 radical (unpaired) electrons. The van der Waals surface area contributed by atoms with Crippen molar-refractivity contribution in [3.63, 3.8) is 0 Å². The van der Waals surface area contributed by atoms with Gasteiger partial charge in [-0.25, -0.2) is 9.37 Å². The van der Waals surface area contributed by atoms with Crippen LogP contribution in [0.5, 0.6) is 5.75 Å². The van der Waals surface area contributed by atoms with Gasteiger partial charge in [0.1, 0.15) is 18.2 Å². The maximum atomic E-state index is 13.0. The van der Waals surface area contributed by atoms with Crippen molar-refractivity contribution in [2.24, 2.45) is 5.10 Å². The lowest BCUT2D eigenvalue weighted by Crippen LogP contribution is -2.01. The third-order valence-corrected chi connectivity index (χ3v) is 5.24. The normalized spacial score (nSPS) is 11.0. The minimum Gasteiger partial charge on any atom is -0.489 e. The number of pyridine rings is 1. The van der Waals surface area contributed by atoms with Gasteiger partial charge in [0, 0.05) is 34.9 Å². The second-order valence-corrected chi connectivity index (χ2v) is 7.57. The molecule has 0 fully saturated rings. The number of rotatable bonds is 8. The van der Waals surface area contributed by atoms with Crippen molar-refractivity contribution in [3.05, 3.63) is 111 Å². The summed E-state index contributed by atoms with van der Waals surface area (Å²) in [7, 11) is 0. The number of hydrogen-bond acceptors (Lipinski definition) is 6. The summed E-state index contributed by atoms with van der Waals surface area (Å²) in [4.78, 5) is 14.6. The average molecular weight is 459 g/mol. The van der Waals surface area contributed by atoms with Crippen LogP contribution in [0.3, 0.4) is 0 Å². The number of ether oxygens (including phenoxy) is 1. The molecule has 34 heavy (non-hydrogen) atoms. The Hall–Kier alpha value is -4.53. The number of hydrazone groups is 1. The van der Waals surface area contributed by atoms with Crippen LogP contribution in [-0.4, -0.2) is 20.7 Å². The first-order valence-electron chi connectivity index (χ1n) is 10.5. The fraction of sp³-hybridized carbons (Fsp3) is 0.120. The molecule has 2 aromatic carbocycles. The molecule has 0 saturated heterocycles. The van der Waals surface area contributed by atoms with E-state index in [1.54, 1.807) is 18.3 Å². The Labute approximate surface area is 195 Å². The lowest BCUT2D eigenvalue weighted by Gasteiger charge is -2.11. The monoisotopic (exact) mass is 459 g/mol. The second kappa shape index (κ2) is 9.95. The molecule has 0 saturated carbocycles. The third-order valence-electron chi connectivity index (χ3n) is 5.24. The summed E-state index contributed by atoms with van der Waals surface area (Å²) in [5, 5.41) is 15.2. The molecular formula is C25H22FN5O3. The molecule has 2 aromatic heterocycles. The van der Waals surface area contributed by atoms with E-state index in [0.717, 1.165) is 28.2 Å². The first-order chi connectivity index (χ1) is 16.4. The van der Waals surface area contributed by atoms with E-state index in [1.165, 1.54) is 30.5 Å². The molecule has 0 aliphatic rings. The van der Waals surface area contributed by atoms with Crippen LogP contribution in [-0.2, 0) is 6.61 Å². The molecule has 1 N–H and O–H groups in total. The van der Waals surface area contributed by atoms with Gasteiger partial charge in [-0.3, -0.25) is 15.5 Å². The lowest BCUT2D eigenvalue weighted by atomic mass is 10.2. The minimum absolute atomic E-state index is 0.0776. The fourth-order valence-electron chi connectivity index (χ4n) is 3.55. The van der Waals surface area contributed by atoms with Crippen LogP contribution in [0.1, 0.15) is 22.5 Å². The Bertz CT molecular complexity index is 1330. The summed E-state index contributed by atoms with van der Waals surface area (Å²) in [5.74, 6) is 0.510. The first kappa shape index (κ1) is 22.7. The van der Waals surface area contributed by atoms with Gasteiger partial charge in [-0.05, 0) is 67.9 Å². The summed E-state index contributed by atoms with van der Waals surface area (Å²) in [6.07, 6.45) is 3.07. The number of nitrogens with one attached hydrogen (secondary N) is 1. The highest BCUT2D eigenvalue weighted by molar-refractivity contribution is 5.83. The maximum absolute atomic E-state index is 13.0. The van der Waals surface area contributed by atoms with Gasteiger partial charge in [-0.1, -0.05) is 12.1 Å². The van der Waals surface area contributed by atoms with E-state index in [9.17, 15) is 14.5 Å². The summed E-state index contributed by atoms with van der Waals surface area (Å²) in [5.41, 5.74) is 7.16. The van der Waals surface area contributed by atoms with Crippen molar-refractivity contribution >= 4 is 17.7 Å². The van der Waals surface area contributed by atoms with E-state index >= 15 is 0 Å². The van der Waals surface area contributed by atoms with Crippen molar-refractivity contribution in [2.75, 3.05) is 5.43 Å². The van der Waals surface area contributed by atoms with Gasteiger partial charge in [-0.2, -0.15) is 5.10 Å². The van der Waals surface area contributed by atoms with E-state index < -0.39 is 4.92 Å². The lowest BCUT2D eigenvalue weighted by molar-refractivity contribution is -0.384. The van der Waals surface area contributed by atoms with Gasteiger partial charge in [-0.15, -0.1) is 0 Å². The van der Waals surface area contributed by atoms with Gasteiger partial charge in [0.05, 0.1) is 11.1 Å². The van der Waals surface area contributed by atoms with Gasteiger partial charge in [0.15, 0.2) is 0 Å². The van der Waals surface area contributed by atoms with E-state index in [1.807, 2.05) is 44.2 Å². The maximum Gasteiger partial charge on any atom is 0.313 e. The van der Waals surface area contributed by atoms with Crippen LogP contribution >= 0.6 is 0 Å². The number of benzene rings is 2. The fourth-order valence-corrected chi connectivity index (χ4v) is 3.55. The summed E-state index contributed by atoms with van der Waals surface area (Å²) < 4.78 is 20.9. The SMILES string of the molecule is Cc1cc(/C=N\Nc2ncccc2[N+](=O)[O-])c(C)n1-c1ccc(OCc2ccc(F)cc2)cc1. The number of aryl methyl sites for hydroxylation is 1. The summed E-state index contributed by atoms with van der Waals surface area (Å²) in [6, 6.07) is 18.7. The predicted octanol–water partition coefficient (Wildman–Crippen LogP) is 5.56. The predicted molar refractivity (Wildman–Crippen MR) is 128 cm³/mol. The van der Waals surface area contributed by atoms with Crippen LogP contribution in [0.15, 0.2) is 78.0 Å². The third kappa shape index (κ3) is 5.09. The number of nitro groups is 1. The molecule has 172 valence electrons. The van der Waals surface area contributed by atoms with Crippen molar-refractivity contribution in [1.82, 2.24) is 9.55 Å². The highest BCUT2D eigenvalue weighted by Crippen LogP contribution is 2.23. The number of hydrogen-bond donors (Lipinski definition) is 1. The average Bonchev–Trinajstić information content (AvgIpc) is 3.12. The molecule has 0 aliphatic heterocycles. The van der Waals surface area contributed by atoms with Crippen molar-refractivity contribution in [2.45, 2.75) is 20.5 Å². The van der Waals surface area contributed by atoms with Crippen molar-refractivity contribution in [3.8, 4) is 11.4 Å². The Kier molecular flexibility index (Phi) is 6.63. The topological polar surface area (TPSA) is 94.6 Å². The van der Waals surface area contributed by atoms with Crippen LogP contribution in [0.25, 0.3) is 5.69 Å². The van der Waals surface area contributed by atoms with E-state index in [4.69, 9.17) is 4.74 Å². The van der Waals surface area contributed by atoms with E-state index in [0.29, 0.717) is 12.4 Å². The quantitative estimate of drug-likeness (QED) is 0.211. The minimum atomic E-state index is -0.510. The largest absolute Gasteiger partial charge is 0.489 e. The Morgan fingerprint density at radius 1 is 1.15 bits per heavy atom. The number of aromatic nitrogens is 2. The Morgan fingerprint density at radius 3 is 2.59 bits per heavy atom. The molecule has 8 nitrogen and oxygen atoms in total. The highest BCUT2D eigenvalue weighted by Gasteiger charge is 2.13. The number of nitrogens with zero attached hydrogens (tertiary/aromatic N) is 4. The van der Waals surface area contributed by atoms with Crippen LogP contribution in [0, 0.1) is 29.8 Å². The van der Waals surface area contributed by atoms with Gasteiger partial charge in [0.2, 0.25) is 5.82 Å². The van der Waals surface area contributed by atoms with E-state index in [-0.39, 0.29) is 17.3 Å². The molecule has 0 bridgehead atoms. The van der Waals surface area contributed by atoms with Crippen molar-refractivity contribution in [1.29, 1.82) is 0 Å². The van der Waals surface area contributed by atoms with Crippen LogP contribution in [0.4, 0.5) is 15.9 Å². The standard InChI is InChI=1S/C25H22FN5O3/c1-17-14-20(15-28-29-25-24(31(32)33)4-3-13-27-25)18(2)30(17)22-9-11-23(12-10-22)34-16-19-5-7-21(26)8-6-19/h3-15H,16H2,1-2H3,(H,27,29)/b28-15-. The summed E-state index contributed by atoms with van der Waals surface area (Å²) >= 11 is 0. The molecule has 0 atom stereocenters. The van der Waals surface area contributed by atoms with E-state index in [2.05, 4.69) is 20.1 Å². The van der Waals surface area contributed by atoms with Crippen LogP contribution < -0.4 is 10.2 Å². The molecule has 0 spiro atoms. The molecule has 0 aliphatic carbocycles. The Balaban J connectivity index is 1.46. The van der Waals surface area contributed by atoms with Gasteiger partial charge < -0.3 is 9.30 Å².